The van der Waals surface area contributed by atoms with Crippen molar-refractivity contribution in [2.24, 2.45) is 0 Å². The zero-order valence-electron chi connectivity index (χ0n) is 16.3. The first-order chi connectivity index (χ1) is 12.6. The summed E-state index contributed by atoms with van der Waals surface area (Å²) in [6.07, 6.45) is -3.78. The molecule has 1 unspecified atom stereocenters. The summed E-state index contributed by atoms with van der Waals surface area (Å²) in [4.78, 5) is 1.39. The predicted octanol–water partition coefficient (Wildman–Crippen LogP) is 4.63. The summed E-state index contributed by atoms with van der Waals surface area (Å²) in [5, 5.41) is 10.3. The second kappa shape index (κ2) is 8.79. The van der Waals surface area contributed by atoms with Crippen molar-refractivity contribution in [2.75, 3.05) is 6.54 Å². The van der Waals surface area contributed by atoms with Gasteiger partial charge in [0, 0.05) is 17.9 Å². The van der Waals surface area contributed by atoms with E-state index >= 15 is 0 Å². The van der Waals surface area contributed by atoms with E-state index in [0.717, 1.165) is 30.3 Å². The van der Waals surface area contributed by atoms with E-state index in [9.17, 15) is 18.3 Å². The van der Waals surface area contributed by atoms with Gasteiger partial charge in [-0.15, -0.1) is 0 Å². The Morgan fingerprint density at radius 2 is 1.52 bits per heavy atom. The summed E-state index contributed by atoms with van der Waals surface area (Å²) in [6, 6.07) is 13.5. The summed E-state index contributed by atoms with van der Waals surface area (Å²) >= 11 is 0. The lowest BCUT2D eigenvalue weighted by Gasteiger charge is -2.29. The molecule has 27 heavy (non-hydrogen) atoms. The largest absolute Gasteiger partial charge is 0.508 e. The fourth-order valence-electron chi connectivity index (χ4n) is 3.75. The highest BCUT2D eigenvalue weighted by atomic mass is 19.4. The van der Waals surface area contributed by atoms with E-state index in [1.54, 1.807) is 0 Å². The standard InChI is InChI=1S/C22H28F3NO/c1-15(2)26(16(3)4)13-12-19(17-8-6-5-7-9-17)20-14-18(22(23,24)25)10-11-21(20)27/h5-11,14-16,19,27H,12-13H2,1-4H3/p+1. The van der Waals surface area contributed by atoms with Crippen molar-refractivity contribution >= 4 is 0 Å². The molecule has 5 heteroatoms. The number of phenols is 1. The predicted molar refractivity (Wildman–Crippen MR) is 102 cm³/mol. The highest BCUT2D eigenvalue weighted by Gasteiger charge is 2.32. The van der Waals surface area contributed by atoms with Gasteiger partial charge >= 0.3 is 6.18 Å². The molecule has 0 bridgehead atoms. The molecule has 0 spiro atoms. The number of nitrogens with one attached hydrogen (secondary N) is 1. The topological polar surface area (TPSA) is 24.7 Å². The van der Waals surface area contributed by atoms with Crippen molar-refractivity contribution < 1.29 is 23.2 Å². The molecule has 0 aliphatic heterocycles. The highest BCUT2D eigenvalue weighted by molar-refractivity contribution is 5.44. The van der Waals surface area contributed by atoms with E-state index in [1.165, 1.54) is 4.90 Å². The van der Waals surface area contributed by atoms with Crippen LogP contribution < -0.4 is 4.90 Å². The molecular weight excluding hydrogens is 351 g/mol. The minimum Gasteiger partial charge on any atom is -0.508 e. The Labute approximate surface area is 159 Å². The number of aromatic hydroxyl groups is 1. The number of hydrogen-bond acceptors (Lipinski definition) is 1. The Hall–Kier alpha value is -2.01. The number of alkyl halides is 3. The molecule has 0 heterocycles. The Morgan fingerprint density at radius 1 is 0.926 bits per heavy atom. The van der Waals surface area contributed by atoms with Gasteiger partial charge in [-0.05, 0) is 51.5 Å². The van der Waals surface area contributed by atoms with Gasteiger partial charge in [0.1, 0.15) is 5.75 Å². The average molecular weight is 380 g/mol. The van der Waals surface area contributed by atoms with Crippen LogP contribution in [-0.2, 0) is 6.18 Å². The quantitative estimate of drug-likeness (QED) is 0.719. The van der Waals surface area contributed by atoms with E-state index < -0.39 is 11.7 Å². The van der Waals surface area contributed by atoms with Crippen LogP contribution in [0.2, 0.25) is 0 Å². The first kappa shape index (κ1) is 21.3. The third-order valence-electron chi connectivity index (χ3n) is 5.14. The van der Waals surface area contributed by atoms with Gasteiger partial charge in [0.2, 0.25) is 0 Å². The molecule has 0 fully saturated rings. The van der Waals surface area contributed by atoms with Crippen LogP contribution >= 0.6 is 0 Å². The Balaban J connectivity index is 2.42. The number of benzene rings is 2. The van der Waals surface area contributed by atoms with E-state index in [-0.39, 0.29) is 11.7 Å². The fourth-order valence-corrected chi connectivity index (χ4v) is 3.75. The van der Waals surface area contributed by atoms with Gasteiger partial charge in [-0.2, -0.15) is 13.2 Å². The maximum absolute atomic E-state index is 13.2. The van der Waals surface area contributed by atoms with Crippen LogP contribution in [0.4, 0.5) is 13.2 Å². The SMILES string of the molecule is CC(C)[NH+](CCC(c1ccccc1)c1cc(C(F)(F)F)ccc1O)C(C)C. The third-order valence-corrected chi connectivity index (χ3v) is 5.14. The van der Waals surface area contributed by atoms with Gasteiger partial charge in [0.05, 0.1) is 24.2 Å². The first-order valence-electron chi connectivity index (χ1n) is 9.42. The molecule has 0 aromatic heterocycles. The van der Waals surface area contributed by atoms with Crippen LogP contribution in [0, 0.1) is 0 Å². The van der Waals surface area contributed by atoms with Gasteiger partial charge < -0.3 is 10.0 Å². The van der Waals surface area contributed by atoms with Crippen molar-refractivity contribution in [3.63, 3.8) is 0 Å². The molecule has 0 saturated heterocycles. The van der Waals surface area contributed by atoms with Crippen LogP contribution in [0.5, 0.6) is 5.75 Å². The molecule has 0 amide bonds. The number of hydrogen-bond donors (Lipinski definition) is 2. The molecule has 2 aromatic rings. The first-order valence-corrected chi connectivity index (χ1v) is 9.42. The summed E-state index contributed by atoms with van der Waals surface area (Å²) in [5.74, 6) is -0.381. The van der Waals surface area contributed by atoms with Gasteiger partial charge in [-0.3, -0.25) is 0 Å². The van der Waals surface area contributed by atoms with Gasteiger partial charge in [-0.1, -0.05) is 30.3 Å². The molecule has 2 rings (SSSR count). The number of phenolic OH excluding ortho intramolecular Hbond substituents is 1. The Kier molecular flexibility index (Phi) is 6.93. The second-order valence-corrected chi connectivity index (χ2v) is 7.66. The van der Waals surface area contributed by atoms with Crippen LogP contribution in [0.3, 0.4) is 0 Å². The summed E-state index contributed by atoms with van der Waals surface area (Å²) in [6.45, 7) is 9.40. The maximum Gasteiger partial charge on any atom is 0.416 e. The Bertz CT molecular complexity index is 718. The van der Waals surface area contributed by atoms with Crippen LogP contribution in [0.15, 0.2) is 48.5 Å². The normalized spacial score (nSPS) is 13.6. The van der Waals surface area contributed by atoms with E-state index in [2.05, 4.69) is 27.7 Å². The van der Waals surface area contributed by atoms with Crippen LogP contribution in [0.1, 0.15) is 56.7 Å². The van der Waals surface area contributed by atoms with Gasteiger partial charge in [-0.25, -0.2) is 0 Å². The highest BCUT2D eigenvalue weighted by Crippen LogP contribution is 2.38. The number of halogens is 3. The lowest BCUT2D eigenvalue weighted by atomic mass is 9.86. The maximum atomic E-state index is 13.2. The Morgan fingerprint density at radius 3 is 2.04 bits per heavy atom. The van der Waals surface area contributed by atoms with E-state index in [4.69, 9.17) is 0 Å². The minimum atomic E-state index is -4.43. The molecule has 2 aromatic carbocycles. The molecule has 0 aliphatic rings. The lowest BCUT2D eigenvalue weighted by Crippen LogP contribution is -3.17. The van der Waals surface area contributed by atoms with Crippen LogP contribution in [-0.4, -0.2) is 23.7 Å². The summed E-state index contributed by atoms with van der Waals surface area (Å²) in [7, 11) is 0. The monoisotopic (exact) mass is 380 g/mol. The van der Waals surface area contributed by atoms with Gasteiger partial charge in [0.25, 0.3) is 0 Å². The van der Waals surface area contributed by atoms with Crippen molar-refractivity contribution in [2.45, 2.75) is 58.3 Å². The minimum absolute atomic E-state index is 0.0903. The zero-order chi connectivity index (χ0) is 20.2. The zero-order valence-corrected chi connectivity index (χ0v) is 16.3. The van der Waals surface area contributed by atoms with Crippen molar-refractivity contribution in [3.8, 4) is 5.75 Å². The van der Waals surface area contributed by atoms with Crippen molar-refractivity contribution in [3.05, 3.63) is 65.2 Å². The van der Waals surface area contributed by atoms with Crippen molar-refractivity contribution in [1.82, 2.24) is 0 Å². The van der Waals surface area contributed by atoms with E-state index in [1.807, 2.05) is 30.3 Å². The summed E-state index contributed by atoms with van der Waals surface area (Å²) < 4.78 is 39.6. The molecule has 0 radical (unpaired) electrons. The molecule has 148 valence electrons. The van der Waals surface area contributed by atoms with Crippen molar-refractivity contribution in [1.29, 1.82) is 0 Å². The van der Waals surface area contributed by atoms with Crippen LogP contribution in [0.25, 0.3) is 0 Å². The third kappa shape index (κ3) is 5.48. The number of rotatable bonds is 7. The average Bonchev–Trinajstić information content (AvgIpc) is 2.58. The molecular formula is C22H29F3NO+. The second-order valence-electron chi connectivity index (χ2n) is 7.66. The van der Waals surface area contributed by atoms with E-state index in [0.29, 0.717) is 24.1 Å². The molecule has 2 N–H and O–H groups in total. The molecule has 0 aliphatic carbocycles. The number of quaternary nitrogens is 1. The summed E-state index contributed by atoms with van der Waals surface area (Å²) in [5.41, 5.74) is 0.523. The molecule has 2 nitrogen and oxygen atoms in total. The lowest BCUT2D eigenvalue weighted by molar-refractivity contribution is -0.942. The van der Waals surface area contributed by atoms with Gasteiger partial charge in [0.15, 0.2) is 0 Å². The molecule has 1 atom stereocenters. The fraction of sp³-hybridized carbons (Fsp3) is 0.455. The molecule has 0 saturated carbocycles. The smallest absolute Gasteiger partial charge is 0.416 e.